The van der Waals surface area contributed by atoms with Crippen LogP contribution in [0, 0.1) is 6.92 Å². The summed E-state index contributed by atoms with van der Waals surface area (Å²) < 4.78 is 0. The first-order chi connectivity index (χ1) is 14.6. The zero-order valence-electron chi connectivity index (χ0n) is 18.9. The highest BCUT2D eigenvalue weighted by atomic mass is 127. The molecule has 0 spiro atoms. The molecule has 1 unspecified atom stereocenters. The Hall–Kier alpha value is -2.20. The summed E-state index contributed by atoms with van der Waals surface area (Å²) in [6.07, 6.45) is 0.328. The normalized spacial score (nSPS) is 12.1. The van der Waals surface area contributed by atoms with Crippen LogP contribution in [0.3, 0.4) is 0 Å². The van der Waals surface area contributed by atoms with Gasteiger partial charge in [0, 0.05) is 32.3 Å². The summed E-state index contributed by atoms with van der Waals surface area (Å²) in [5, 5.41) is 9.44. The molecule has 0 aliphatic heterocycles. The van der Waals surface area contributed by atoms with Gasteiger partial charge in [0.2, 0.25) is 5.91 Å². The van der Waals surface area contributed by atoms with E-state index < -0.39 is 0 Å². The molecule has 0 saturated heterocycles. The second kappa shape index (κ2) is 14.7. The fourth-order valence-corrected chi connectivity index (χ4v) is 3.32. The van der Waals surface area contributed by atoms with Gasteiger partial charge in [-0.2, -0.15) is 0 Å². The summed E-state index contributed by atoms with van der Waals surface area (Å²) in [7, 11) is 1.74. The SMILES string of the molecule is CCN(CC)C(CNC(=NC)NCCC(=O)Nc1cccc(C)n1)c1ccccc1.I. The van der Waals surface area contributed by atoms with E-state index >= 15 is 0 Å². The highest BCUT2D eigenvalue weighted by molar-refractivity contribution is 14.0. The number of anilines is 1. The Morgan fingerprint density at radius 1 is 1.06 bits per heavy atom. The van der Waals surface area contributed by atoms with Gasteiger partial charge < -0.3 is 16.0 Å². The van der Waals surface area contributed by atoms with Crippen LogP contribution in [0.1, 0.15) is 37.6 Å². The quantitative estimate of drug-likeness (QED) is 0.245. The van der Waals surface area contributed by atoms with Crippen molar-refractivity contribution in [1.82, 2.24) is 20.5 Å². The van der Waals surface area contributed by atoms with E-state index in [2.05, 4.69) is 68.9 Å². The predicted octanol–water partition coefficient (Wildman–Crippen LogP) is 3.58. The van der Waals surface area contributed by atoms with Crippen LogP contribution in [0.4, 0.5) is 5.82 Å². The second-order valence-electron chi connectivity index (χ2n) is 6.99. The molecular weight excluding hydrogens is 503 g/mol. The minimum absolute atomic E-state index is 0. The van der Waals surface area contributed by atoms with E-state index in [-0.39, 0.29) is 35.9 Å². The number of guanidine groups is 1. The van der Waals surface area contributed by atoms with Crippen LogP contribution in [0.15, 0.2) is 53.5 Å². The van der Waals surface area contributed by atoms with Crippen molar-refractivity contribution >= 4 is 41.7 Å². The summed E-state index contributed by atoms with van der Waals surface area (Å²) in [6.45, 7) is 9.40. The van der Waals surface area contributed by atoms with Crippen molar-refractivity contribution < 1.29 is 4.79 Å². The van der Waals surface area contributed by atoms with E-state index in [1.54, 1.807) is 13.1 Å². The number of benzene rings is 1. The number of aliphatic imine (C=N–C) groups is 1. The molecule has 1 amide bonds. The lowest BCUT2D eigenvalue weighted by molar-refractivity contribution is -0.116. The highest BCUT2D eigenvalue weighted by Gasteiger charge is 2.18. The maximum absolute atomic E-state index is 12.2. The van der Waals surface area contributed by atoms with E-state index in [1.807, 2.05) is 25.1 Å². The Labute approximate surface area is 203 Å². The number of rotatable bonds is 10. The van der Waals surface area contributed by atoms with Gasteiger partial charge >= 0.3 is 0 Å². The Morgan fingerprint density at radius 2 is 1.77 bits per heavy atom. The van der Waals surface area contributed by atoms with E-state index in [0.29, 0.717) is 24.7 Å². The molecule has 1 aromatic heterocycles. The minimum Gasteiger partial charge on any atom is -0.356 e. The molecule has 0 bridgehead atoms. The van der Waals surface area contributed by atoms with Crippen LogP contribution >= 0.6 is 24.0 Å². The van der Waals surface area contributed by atoms with Gasteiger partial charge in [0.25, 0.3) is 0 Å². The monoisotopic (exact) mass is 538 g/mol. The van der Waals surface area contributed by atoms with Gasteiger partial charge in [0.05, 0.1) is 6.04 Å². The average Bonchev–Trinajstić information content (AvgIpc) is 2.75. The molecule has 2 aromatic rings. The van der Waals surface area contributed by atoms with E-state index in [9.17, 15) is 4.79 Å². The third-order valence-corrected chi connectivity index (χ3v) is 4.92. The number of nitrogens with zero attached hydrogens (tertiary/aromatic N) is 3. The zero-order valence-corrected chi connectivity index (χ0v) is 21.2. The minimum atomic E-state index is -0.0821. The van der Waals surface area contributed by atoms with Gasteiger partial charge in [-0.3, -0.25) is 14.7 Å². The van der Waals surface area contributed by atoms with Gasteiger partial charge in [-0.1, -0.05) is 50.2 Å². The molecule has 31 heavy (non-hydrogen) atoms. The summed E-state index contributed by atoms with van der Waals surface area (Å²) >= 11 is 0. The molecule has 0 fully saturated rings. The lowest BCUT2D eigenvalue weighted by Gasteiger charge is -2.30. The number of aryl methyl sites for hydroxylation is 1. The number of carbonyl (C=O) groups is 1. The average molecular weight is 538 g/mol. The Kier molecular flexibility index (Phi) is 12.8. The molecule has 0 radical (unpaired) electrons. The maximum atomic E-state index is 12.2. The summed E-state index contributed by atoms with van der Waals surface area (Å²) in [4.78, 5) is 23.1. The smallest absolute Gasteiger partial charge is 0.227 e. The summed E-state index contributed by atoms with van der Waals surface area (Å²) in [6, 6.07) is 16.3. The molecule has 0 saturated carbocycles. The number of amides is 1. The molecule has 2 rings (SSSR count). The van der Waals surface area contributed by atoms with Crippen molar-refractivity contribution in [2.75, 3.05) is 38.5 Å². The number of halogens is 1. The highest BCUT2D eigenvalue weighted by Crippen LogP contribution is 2.19. The fourth-order valence-electron chi connectivity index (χ4n) is 3.32. The number of aromatic nitrogens is 1. The van der Waals surface area contributed by atoms with Crippen molar-refractivity contribution in [2.45, 2.75) is 33.2 Å². The third-order valence-electron chi connectivity index (χ3n) is 4.92. The largest absolute Gasteiger partial charge is 0.356 e. The topological polar surface area (TPSA) is 81.6 Å². The lowest BCUT2D eigenvalue weighted by atomic mass is 10.1. The van der Waals surface area contributed by atoms with Gasteiger partial charge in [0.1, 0.15) is 5.82 Å². The van der Waals surface area contributed by atoms with Crippen LogP contribution in [0.5, 0.6) is 0 Å². The molecule has 1 atom stereocenters. The molecule has 0 aliphatic rings. The van der Waals surface area contributed by atoms with Crippen LogP contribution in [-0.4, -0.2) is 55.0 Å². The van der Waals surface area contributed by atoms with E-state index in [4.69, 9.17) is 0 Å². The van der Waals surface area contributed by atoms with Gasteiger partial charge in [0.15, 0.2) is 5.96 Å². The Morgan fingerprint density at radius 3 is 2.39 bits per heavy atom. The van der Waals surface area contributed by atoms with Crippen molar-refractivity contribution in [3.63, 3.8) is 0 Å². The van der Waals surface area contributed by atoms with E-state index in [0.717, 1.165) is 25.3 Å². The summed E-state index contributed by atoms with van der Waals surface area (Å²) in [5.41, 5.74) is 2.14. The van der Waals surface area contributed by atoms with Crippen LogP contribution in [-0.2, 0) is 4.79 Å². The number of nitrogens with one attached hydrogen (secondary N) is 3. The fraction of sp³-hybridized carbons (Fsp3) is 0.435. The summed E-state index contributed by atoms with van der Waals surface area (Å²) in [5.74, 6) is 1.18. The lowest BCUT2D eigenvalue weighted by Crippen LogP contribution is -2.43. The molecule has 1 heterocycles. The first-order valence-electron chi connectivity index (χ1n) is 10.5. The first kappa shape index (κ1) is 26.8. The predicted molar refractivity (Wildman–Crippen MR) is 139 cm³/mol. The van der Waals surface area contributed by atoms with Gasteiger partial charge in [-0.05, 0) is 37.7 Å². The molecule has 3 N–H and O–H groups in total. The molecule has 1 aromatic carbocycles. The van der Waals surface area contributed by atoms with Crippen molar-refractivity contribution in [3.05, 3.63) is 59.8 Å². The number of likely N-dealkylation sites (N-methyl/N-ethyl adjacent to an activating group) is 1. The standard InChI is InChI=1S/C23H34N6O.HI/c1-5-29(6-2)20(19-12-8-7-9-13-19)17-26-23(24-4)25-16-15-22(30)28-21-14-10-11-18(3)27-21;/h7-14,20H,5-6,15-17H2,1-4H3,(H2,24,25,26)(H,27,28,30);1H. The van der Waals surface area contributed by atoms with Crippen molar-refractivity contribution in [2.24, 2.45) is 4.99 Å². The van der Waals surface area contributed by atoms with Crippen molar-refractivity contribution in [3.8, 4) is 0 Å². The van der Waals surface area contributed by atoms with Crippen LogP contribution in [0.2, 0.25) is 0 Å². The number of hydrogen-bond donors (Lipinski definition) is 3. The molecule has 7 nitrogen and oxygen atoms in total. The van der Waals surface area contributed by atoms with Gasteiger partial charge in [-0.25, -0.2) is 4.98 Å². The maximum Gasteiger partial charge on any atom is 0.227 e. The van der Waals surface area contributed by atoms with Gasteiger partial charge in [-0.15, -0.1) is 24.0 Å². The second-order valence-corrected chi connectivity index (χ2v) is 6.99. The van der Waals surface area contributed by atoms with Crippen LogP contribution < -0.4 is 16.0 Å². The van der Waals surface area contributed by atoms with E-state index in [1.165, 1.54) is 5.56 Å². The number of carbonyl (C=O) groups excluding carboxylic acids is 1. The zero-order chi connectivity index (χ0) is 21.8. The molecular formula is C23H35IN6O. The van der Waals surface area contributed by atoms with Crippen molar-refractivity contribution in [1.29, 1.82) is 0 Å². The first-order valence-corrected chi connectivity index (χ1v) is 10.5. The molecule has 170 valence electrons. The third kappa shape index (κ3) is 9.22. The number of hydrogen-bond acceptors (Lipinski definition) is 4. The Bertz CT molecular complexity index is 811. The number of pyridine rings is 1. The molecule has 8 heteroatoms. The Balaban J connectivity index is 0.00000480. The molecule has 0 aliphatic carbocycles. The van der Waals surface area contributed by atoms with Crippen LogP contribution in [0.25, 0.3) is 0 Å².